The number of halogens is 1. The molecule has 1 amide bonds. The van der Waals surface area contributed by atoms with Gasteiger partial charge >= 0.3 is 6.09 Å². The molecule has 0 bridgehead atoms. The molecule has 2 rings (SSSR count). The van der Waals surface area contributed by atoms with E-state index in [1.165, 1.54) is 12.0 Å². The Kier molecular flexibility index (Phi) is 4.11. The van der Waals surface area contributed by atoms with Crippen LogP contribution in [-0.2, 0) is 6.54 Å². The van der Waals surface area contributed by atoms with Gasteiger partial charge in [-0.15, -0.1) is 0 Å². The third kappa shape index (κ3) is 3.29. The minimum absolute atomic E-state index is 0.120. The fourth-order valence-electron chi connectivity index (χ4n) is 1.62. The van der Waals surface area contributed by atoms with Crippen molar-refractivity contribution in [2.75, 3.05) is 12.0 Å². The smallest absolute Gasteiger partial charge is 0.412 e. The molecule has 19 heavy (non-hydrogen) atoms. The van der Waals surface area contributed by atoms with Crippen LogP contribution in [0.5, 0.6) is 5.95 Å². The first-order valence-corrected chi connectivity index (χ1v) is 6.28. The molecule has 0 aliphatic carbocycles. The van der Waals surface area contributed by atoms with E-state index in [2.05, 4.69) is 15.9 Å². The number of nitrogens with zero attached hydrogens (tertiary/aromatic N) is 1. The van der Waals surface area contributed by atoms with Crippen LogP contribution in [0.3, 0.4) is 0 Å². The van der Waals surface area contributed by atoms with Crippen molar-refractivity contribution in [3.05, 3.63) is 46.6 Å². The molecular formula is C13H12BrNO4. The van der Waals surface area contributed by atoms with Crippen LogP contribution in [-0.4, -0.2) is 18.3 Å². The Labute approximate surface area is 118 Å². The lowest BCUT2D eigenvalue weighted by Crippen LogP contribution is -2.28. The largest absolute Gasteiger partial charge is 0.468 e. The third-order valence-electron chi connectivity index (χ3n) is 2.50. The predicted octanol–water partition coefficient (Wildman–Crippen LogP) is 3.74. The number of hydrogen-bond donors (Lipinski definition) is 1. The maximum Gasteiger partial charge on any atom is 0.412 e. The van der Waals surface area contributed by atoms with Gasteiger partial charge in [-0.25, -0.2) is 4.79 Å². The fraction of sp³-hybridized carbons (Fsp3) is 0.154. The van der Waals surface area contributed by atoms with Crippen molar-refractivity contribution < 1.29 is 19.1 Å². The van der Waals surface area contributed by atoms with Crippen molar-refractivity contribution in [1.29, 1.82) is 0 Å². The van der Waals surface area contributed by atoms with E-state index in [-0.39, 0.29) is 6.54 Å². The van der Waals surface area contributed by atoms with E-state index < -0.39 is 6.09 Å². The highest BCUT2D eigenvalue weighted by molar-refractivity contribution is 9.10. The Morgan fingerprint density at radius 3 is 2.79 bits per heavy atom. The predicted molar refractivity (Wildman–Crippen MR) is 73.6 cm³/mol. The molecule has 1 heterocycles. The second-order valence-electron chi connectivity index (χ2n) is 3.77. The number of methoxy groups -OCH3 is 1. The molecule has 0 spiro atoms. The first-order valence-electron chi connectivity index (χ1n) is 5.49. The summed E-state index contributed by atoms with van der Waals surface area (Å²) in [6.45, 7) is 0.120. The number of carboxylic acid groups (broad SMARTS) is 1. The van der Waals surface area contributed by atoms with Crippen molar-refractivity contribution in [2.45, 2.75) is 6.54 Å². The highest BCUT2D eigenvalue weighted by Gasteiger charge is 2.17. The Morgan fingerprint density at radius 2 is 2.21 bits per heavy atom. The van der Waals surface area contributed by atoms with Gasteiger partial charge in [0.25, 0.3) is 5.95 Å². The lowest BCUT2D eigenvalue weighted by atomic mass is 10.3. The molecule has 0 aliphatic rings. The highest BCUT2D eigenvalue weighted by atomic mass is 79.9. The summed E-state index contributed by atoms with van der Waals surface area (Å²) in [4.78, 5) is 12.5. The van der Waals surface area contributed by atoms with Gasteiger partial charge in [-0.05, 0) is 24.3 Å². The maximum atomic E-state index is 11.3. The van der Waals surface area contributed by atoms with Crippen LogP contribution in [0.2, 0.25) is 0 Å². The lowest BCUT2D eigenvalue weighted by Gasteiger charge is -2.18. The molecular weight excluding hydrogens is 314 g/mol. The average molecular weight is 326 g/mol. The molecule has 0 radical (unpaired) electrons. The molecule has 6 heteroatoms. The van der Waals surface area contributed by atoms with Gasteiger partial charge in [0, 0.05) is 16.2 Å². The molecule has 0 aliphatic heterocycles. The van der Waals surface area contributed by atoms with E-state index in [1.54, 1.807) is 30.3 Å². The number of benzene rings is 1. The summed E-state index contributed by atoms with van der Waals surface area (Å²) in [5.74, 6) is 0.869. The van der Waals surface area contributed by atoms with Crippen molar-refractivity contribution in [3.63, 3.8) is 0 Å². The molecule has 0 saturated heterocycles. The number of ether oxygens (including phenoxy) is 1. The average Bonchev–Trinajstić information content (AvgIpc) is 2.83. The van der Waals surface area contributed by atoms with Gasteiger partial charge in [0.2, 0.25) is 0 Å². The monoisotopic (exact) mass is 325 g/mol. The molecule has 1 aromatic carbocycles. The summed E-state index contributed by atoms with van der Waals surface area (Å²) in [7, 11) is 1.49. The normalized spacial score (nSPS) is 10.2. The van der Waals surface area contributed by atoms with Crippen LogP contribution in [0.1, 0.15) is 5.76 Å². The Morgan fingerprint density at radius 1 is 1.42 bits per heavy atom. The van der Waals surface area contributed by atoms with Gasteiger partial charge in [-0.3, -0.25) is 4.90 Å². The molecule has 0 saturated carbocycles. The number of hydrogen-bond acceptors (Lipinski definition) is 3. The topological polar surface area (TPSA) is 62.9 Å². The zero-order valence-corrected chi connectivity index (χ0v) is 11.8. The van der Waals surface area contributed by atoms with Gasteiger partial charge in [0.15, 0.2) is 0 Å². The van der Waals surface area contributed by atoms with Crippen molar-refractivity contribution in [3.8, 4) is 5.95 Å². The van der Waals surface area contributed by atoms with Crippen LogP contribution in [0.25, 0.3) is 0 Å². The molecule has 0 unspecified atom stereocenters. The number of furan rings is 1. The second kappa shape index (κ2) is 5.79. The van der Waals surface area contributed by atoms with Gasteiger partial charge < -0.3 is 14.3 Å². The molecule has 2 aromatic rings. The van der Waals surface area contributed by atoms with Gasteiger partial charge in [0.1, 0.15) is 5.76 Å². The summed E-state index contributed by atoms with van der Waals surface area (Å²) in [6.07, 6.45) is -1.05. The zero-order valence-electron chi connectivity index (χ0n) is 10.2. The molecule has 0 fully saturated rings. The van der Waals surface area contributed by atoms with E-state index in [1.807, 2.05) is 6.07 Å². The van der Waals surface area contributed by atoms with Crippen LogP contribution in [0.4, 0.5) is 10.5 Å². The molecule has 5 nitrogen and oxygen atoms in total. The van der Waals surface area contributed by atoms with Crippen LogP contribution in [0.15, 0.2) is 45.3 Å². The lowest BCUT2D eigenvalue weighted by molar-refractivity contribution is 0.200. The molecule has 100 valence electrons. The van der Waals surface area contributed by atoms with Gasteiger partial charge in [-0.2, -0.15) is 0 Å². The number of amides is 1. The maximum absolute atomic E-state index is 11.3. The van der Waals surface area contributed by atoms with Crippen LogP contribution in [0, 0.1) is 0 Å². The van der Waals surface area contributed by atoms with Gasteiger partial charge in [-0.1, -0.05) is 22.0 Å². The van der Waals surface area contributed by atoms with E-state index in [4.69, 9.17) is 9.15 Å². The highest BCUT2D eigenvalue weighted by Crippen LogP contribution is 2.23. The van der Waals surface area contributed by atoms with Crippen molar-refractivity contribution in [1.82, 2.24) is 0 Å². The van der Waals surface area contributed by atoms with E-state index >= 15 is 0 Å². The first kappa shape index (κ1) is 13.5. The molecule has 1 N–H and O–H groups in total. The standard InChI is InChI=1S/C13H12BrNO4/c1-18-12-6-5-11(19-12)8-15(13(16)17)10-4-2-3-9(14)7-10/h2-7H,8H2,1H3,(H,16,17). The van der Waals surface area contributed by atoms with Crippen molar-refractivity contribution >= 4 is 27.7 Å². The van der Waals surface area contributed by atoms with Crippen molar-refractivity contribution in [2.24, 2.45) is 0 Å². The summed E-state index contributed by atoms with van der Waals surface area (Å²) in [5, 5.41) is 9.28. The minimum atomic E-state index is -1.05. The number of carbonyl (C=O) groups is 1. The number of anilines is 1. The van der Waals surface area contributed by atoms with Crippen LogP contribution >= 0.6 is 15.9 Å². The van der Waals surface area contributed by atoms with Crippen LogP contribution < -0.4 is 9.64 Å². The first-order chi connectivity index (χ1) is 9.10. The molecule has 1 aromatic heterocycles. The zero-order chi connectivity index (χ0) is 13.8. The SMILES string of the molecule is COc1ccc(CN(C(=O)O)c2cccc(Br)c2)o1. The number of rotatable bonds is 4. The molecule has 0 atom stereocenters. The Hall–Kier alpha value is -1.95. The fourth-order valence-corrected chi connectivity index (χ4v) is 2.01. The summed E-state index contributed by atoms with van der Waals surface area (Å²) >= 11 is 3.32. The Bertz CT molecular complexity index is 582. The summed E-state index contributed by atoms with van der Waals surface area (Å²) in [6, 6.07) is 10.4. The van der Waals surface area contributed by atoms with E-state index in [0.29, 0.717) is 17.4 Å². The van der Waals surface area contributed by atoms with E-state index in [9.17, 15) is 9.90 Å². The minimum Gasteiger partial charge on any atom is -0.468 e. The van der Waals surface area contributed by atoms with Gasteiger partial charge in [0.05, 0.1) is 13.7 Å². The Balaban J connectivity index is 2.23. The van der Waals surface area contributed by atoms with E-state index in [0.717, 1.165) is 4.47 Å². The summed E-state index contributed by atoms with van der Waals surface area (Å²) in [5.41, 5.74) is 0.567. The second-order valence-corrected chi connectivity index (χ2v) is 4.69. The third-order valence-corrected chi connectivity index (χ3v) is 3.00. The summed E-state index contributed by atoms with van der Waals surface area (Å²) < 4.78 is 11.1. The quantitative estimate of drug-likeness (QED) is 0.930.